The van der Waals surface area contributed by atoms with Crippen molar-refractivity contribution in [3.05, 3.63) is 0 Å². The van der Waals surface area contributed by atoms with E-state index in [1.807, 2.05) is 0 Å². The van der Waals surface area contributed by atoms with Gasteiger partial charge in [-0.05, 0) is 12.8 Å². The monoisotopic (exact) mass is 226 g/mol. The van der Waals surface area contributed by atoms with Gasteiger partial charge in [0.25, 0.3) is 0 Å². The predicted octanol–water partition coefficient (Wildman–Crippen LogP) is -0.802. The standard InChI is InChI=1S/C10H14N2O4/c13-8-3-6(5-12(8)7-1-2-7)10(16)11-4-9(14)15/h6-7H,1-5H2,(H,11,16)(H,14,15). The molecule has 0 aromatic heterocycles. The predicted molar refractivity (Wildman–Crippen MR) is 53.5 cm³/mol. The first-order chi connectivity index (χ1) is 7.58. The summed E-state index contributed by atoms with van der Waals surface area (Å²) in [5.74, 6) is -1.78. The van der Waals surface area contributed by atoms with Crippen molar-refractivity contribution < 1.29 is 19.5 Å². The van der Waals surface area contributed by atoms with E-state index in [0.29, 0.717) is 12.6 Å². The van der Waals surface area contributed by atoms with Gasteiger partial charge in [-0.2, -0.15) is 0 Å². The minimum atomic E-state index is -1.07. The molecule has 6 nitrogen and oxygen atoms in total. The lowest BCUT2D eigenvalue weighted by molar-refractivity contribution is -0.138. The van der Waals surface area contributed by atoms with Crippen LogP contribution in [0.3, 0.4) is 0 Å². The van der Waals surface area contributed by atoms with Gasteiger partial charge in [-0.1, -0.05) is 0 Å². The van der Waals surface area contributed by atoms with Crippen molar-refractivity contribution in [1.82, 2.24) is 10.2 Å². The largest absolute Gasteiger partial charge is 0.480 e. The molecule has 16 heavy (non-hydrogen) atoms. The van der Waals surface area contributed by atoms with Crippen LogP contribution in [0.1, 0.15) is 19.3 Å². The maximum Gasteiger partial charge on any atom is 0.322 e. The molecule has 1 unspecified atom stereocenters. The first kappa shape index (κ1) is 10.9. The second-order valence-electron chi connectivity index (χ2n) is 4.29. The van der Waals surface area contributed by atoms with E-state index in [9.17, 15) is 14.4 Å². The van der Waals surface area contributed by atoms with Gasteiger partial charge in [-0.15, -0.1) is 0 Å². The Labute approximate surface area is 92.6 Å². The number of carbonyl (C=O) groups excluding carboxylic acids is 2. The van der Waals surface area contributed by atoms with Crippen molar-refractivity contribution >= 4 is 17.8 Å². The summed E-state index contributed by atoms with van der Waals surface area (Å²) in [6.07, 6.45) is 2.26. The summed E-state index contributed by atoms with van der Waals surface area (Å²) in [6, 6.07) is 0.324. The Morgan fingerprint density at radius 2 is 2.12 bits per heavy atom. The molecule has 0 bridgehead atoms. The zero-order valence-electron chi connectivity index (χ0n) is 8.81. The lowest BCUT2D eigenvalue weighted by Gasteiger charge is -2.14. The third-order valence-electron chi connectivity index (χ3n) is 2.93. The van der Waals surface area contributed by atoms with Crippen molar-refractivity contribution in [1.29, 1.82) is 0 Å². The third-order valence-corrected chi connectivity index (χ3v) is 2.93. The molecule has 0 aromatic carbocycles. The van der Waals surface area contributed by atoms with E-state index in [2.05, 4.69) is 5.32 Å². The summed E-state index contributed by atoms with van der Waals surface area (Å²) in [5, 5.41) is 10.7. The van der Waals surface area contributed by atoms with Crippen LogP contribution >= 0.6 is 0 Å². The Morgan fingerprint density at radius 3 is 2.69 bits per heavy atom. The molecule has 1 aliphatic carbocycles. The first-order valence-corrected chi connectivity index (χ1v) is 5.37. The highest BCUT2D eigenvalue weighted by Gasteiger charge is 2.41. The van der Waals surface area contributed by atoms with Gasteiger partial charge in [0.15, 0.2) is 0 Å². The molecule has 0 spiro atoms. The fraction of sp³-hybridized carbons (Fsp3) is 0.700. The van der Waals surface area contributed by atoms with E-state index in [1.54, 1.807) is 4.90 Å². The van der Waals surface area contributed by atoms with E-state index >= 15 is 0 Å². The Balaban J connectivity index is 1.84. The molecular formula is C10H14N2O4. The van der Waals surface area contributed by atoms with Gasteiger partial charge >= 0.3 is 5.97 Å². The number of carboxylic acids is 1. The van der Waals surface area contributed by atoms with Crippen LogP contribution < -0.4 is 5.32 Å². The van der Waals surface area contributed by atoms with Crippen LogP contribution in [0.15, 0.2) is 0 Å². The number of hydrogen-bond donors (Lipinski definition) is 2. The molecule has 2 amide bonds. The molecule has 88 valence electrons. The highest BCUT2D eigenvalue weighted by molar-refractivity contribution is 5.90. The molecule has 2 fully saturated rings. The van der Waals surface area contributed by atoms with Crippen LogP contribution in [0.2, 0.25) is 0 Å². The SMILES string of the molecule is O=C(O)CNC(=O)C1CC(=O)N(C2CC2)C1. The Bertz CT molecular complexity index is 338. The Hall–Kier alpha value is -1.59. The Morgan fingerprint density at radius 1 is 1.44 bits per heavy atom. The summed E-state index contributed by atoms with van der Waals surface area (Å²) in [7, 11) is 0. The zero-order chi connectivity index (χ0) is 11.7. The molecule has 0 aromatic rings. The number of hydrogen-bond acceptors (Lipinski definition) is 3. The van der Waals surface area contributed by atoms with Crippen LogP contribution in [0.25, 0.3) is 0 Å². The average molecular weight is 226 g/mol. The van der Waals surface area contributed by atoms with Crippen LogP contribution in [0.4, 0.5) is 0 Å². The average Bonchev–Trinajstić information content (AvgIpc) is 2.99. The van der Waals surface area contributed by atoms with Crippen LogP contribution in [0, 0.1) is 5.92 Å². The van der Waals surface area contributed by atoms with E-state index in [1.165, 1.54) is 0 Å². The number of amides is 2. The van der Waals surface area contributed by atoms with E-state index in [0.717, 1.165) is 12.8 Å². The molecule has 1 heterocycles. The van der Waals surface area contributed by atoms with Gasteiger partial charge in [0.1, 0.15) is 6.54 Å². The second kappa shape index (κ2) is 4.11. The van der Waals surface area contributed by atoms with Crippen LogP contribution in [0.5, 0.6) is 0 Å². The molecule has 1 aliphatic heterocycles. The topological polar surface area (TPSA) is 86.7 Å². The lowest BCUT2D eigenvalue weighted by Crippen LogP contribution is -2.36. The molecule has 1 saturated carbocycles. The molecule has 2 aliphatic rings. The van der Waals surface area contributed by atoms with E-state index < -0.39 is 5.97 Å². The maximum absolute atomic E-state index is 11.5. The van der Waals surface area contributed by atoms with Gasteiger partial charge in [-0.25, -0.2) is 0 Å². The number of rotatable bonds is 4. The van der Waals surface area contributed by atoms with Crippen molar-refractivity contribution in [2.24, 2.45) is 5.92 Å². The summed E-state index contributed by atoms with van der Waals surface area (Å²) in [5.41, 5.74) is 0. The number of likely N-dealkylation sites (tertiary alicyclic amines) is 1. The van der Waals surface area contributed by atoms with Crippen LogP contribution in [-0.2, 0) is 14.4 Å². The van der Waals surface area contributed by atoms with Gasteiger partial charge in [-0.3, -0.25) is 14.4 Å². The molecule has 2 N–H and O–H groups in total. The number of aliphatic carboxylic acids is 1. The van der Waals surface area contributed by atoms with Crippen molar-refractivity contribution in [3.63, 3.8) is 0 Å². The van der Waals surface area contributed by atoms with Gasteiger partial charge in [0.05, 0.1) is 5.92 Å². The maximum atomic E-state index is 11.5. The number of carbonyl (C=O) groups is 3. The van der Waals surface area contributed by atoms with E-state index in [4.69, 9.17) is 5.11 Å². The zero-order valence-corrected chi connectivity index (χ0v) is 8.81. The summed E-state index contributed by atoms with van der Waals surface area (Å²) >= 11 is 0. The number of nitrogens with one attached hydrogen (secondary N) is 1. The molecule has 6 heteroatoms. The molecular weight excluding hydrogens is 212 g/mol. The Kier molecular flexibility index (Phi) is 2.80. The first-order valence-electron chi connectivity index (χ1n) is 5.37. The minimum Gasteiger partial charge on any atom is -0.480 e. The summed E-state index contributed by atoms with van der Waals surface area (Å²) < 4.78 is 0. The van der Waals surface area contributed by atoms with Crippen molar-refractivity contribution in [2.75, 3.05) is 13.1 Å². The van der Waals surface area contributed by atoms with Crippen LogP contribution in [-0.4, -0.2) is 46.9 Å². The van der Waals surface area contributed by atoms with Gasteiger partial charge in [0, 0.05) is 19.0 Å². The molecule has 1 saturated heterocycles. The van der Waals surface area contributed by atoms with Crippen molar-refractivity contribution in [3.8, 4) is 0 Å². The fourth-order valence-electron chi connectivity index (χ4n) is 1.95. The van der Waals surface area contributed by atoms with E-state index in [-0.39, 0.29) is 30.7 Å². The fourth-order valence-corrected chi connectivity index (χ4v) is 1.95. The number of carboxylic acid groups (broad SMARTS) is 1. The van der Waals surface area contributed by atoms with Crippen molar-refractivity contribution in [2.45, 2.75) is 25.3 Å². The second-order valence-corrected chi connectivity index (χ2v) is 4.29. The minimum absolute atomic E-state index is 0.0120. The lowest BCUT2D eigenvalue weighted by atomic mass is 10.1. The normalized spacial score (nSPS) is 24.6. The van der Waals surface area contributed by atoms with Gasteiger partial charge < -0.3 is 15.3 Å². The summed E-state index contributed by atoms with van der Waals surface area (Å²) in [4.78, 5) is 35.1. The third kappa shape index (κ3) is 2.32. The number of nitrogens with zero attached hydrogens (tertiary/aromatic N) is 1. The smallest absolute Gasteiger partial charge is 0.322 e. The molecule has 2 rings (SSSR count). The molecule has 0 radical (unpaired) electrons. The summed E-state index contributed by atoms with van der Waals surface area (Å²) in [6.45, 7) is 0.0574. The highest BCUT2D eigenvalue weighted by atomic mass is 16.4. The quantitative estimate of drug-likeness (QED) is 0.657. The highest BCUT2D eigenvalue weighted by Crippen LogP contribution is 2.32. The van der Waals surface area contributed by atoms with Gasteiger partial charge in [0.2, 0.25) is 11.8 Å². The molecule has 1 atom stereocenters.